The zero-order valence-corrected chi connectivity index (χ0v) is 22.6. The number of rotatable bonds is 5. The Labute approximate surface area is 235 Å². The number of phenolic OH excluding ortho intramolecular Hbond substituents is 1. The van der Waals surface area contributed by atoms with Crippen molar-refractivity contribution in [1.29, 1.82) is 0 Å². The topological polar surface area (TPSA) is 99.5 Å². The maximum atomic E-state index is 16.5. The van der Waals surface area contributed by atoms with E-state index in [-0.39, 0.29) is 45.0 Å². The Kier molecular flexibility index (Phi) is 5.75. The standard InChI is InChI=1S/C30H31F2N7O2/c31-22-5-1-4-17-12-20(40)13-21(23(17)22)25-24(32)26-27(37-36-25)28(38-14-18-6-7-19(15-38)33-18)35-29(34-26)41-16-30-8-2-10-39(30)11-3-9-30/h1,4-5,12-13,18-19,33,40H,2-3,6-11,14-16H2. The molecule has 4 aliphatic rings. The Morgan fingerprint density at radius 2 is 1.78 bits per heavy atom. The van der Waals surface area contributed by atoms with Crippen LogP contribution >= 0.6 is 0 Å². The number of aromatic nitrogens is 4. The summed E-state index contributed by atoms with van der Waals surface area (Å²) >= 11 is 0. The first kappa shape index (κ1) is 25.0. The number of anilines is 1. The zero-order chi connectivity index (χ0) is 27.7. The number of fused-ring (bicyclic) bond motifs is 5. The zero-order valence-electron chi connectivity index (χ0n) is 22.6. The van der Waals surface area contributed by atoms with Gasteiger partial charge in [-0.2, -0.15) is 9.97 Å². The van der Waals surface area contributed by atoms with Crippen LogP contribution in [0.5, 0.6) is 11.8 Å². The molecule has 2 unspecified atom stereocenters. The van der Waals surface area contributed by atoms with E-state index in [4.69, 9.17) is 9.72 Å². The van der Waals surface area contributed by atoms with Crippen molar-refractivity contribution in [3.8, 4) is 23.0 Å². The highest BCUT2D eigenvalue weighted by Gasteiger charge is 2.45. The van der Waals surface area contributed by atoms with Gasteiger partial charge in [-0.1, -0.05) is 12.1 Å². The summed E-state index contributed by atoms with van der Waals surface area (Å²) in [5.41, 5.74) is 0.118. The van der Waals surface area contributed by atoms with E-state index in [2.05, 4.69) is 30.3 Å². The molecule has 4 saturated heterocycles. The van der Waals surface area contributed by atoms with Crippen LogP contribution in [0.4, 0.5) is 14.6 Å². The van der Waals surface area contributed by atoms with Crippen molar-refractivity contribution in [3.63, 3.8) is 0 Å². The second-order valence-electron chi connectivity index (χ2n) is 12.0. The molecule has 4 fully saturated rings. The van der Waals surface area contributed by atoms with Crippen LogP contribution in [0.25, 0.3) is 33.1 Å². The van der Waals surface area contributed by atoms with Crippen LogP contribution in [-0.4, -0.2) is 80.6 Å². The van der Waals surface area contributed by atoms with E-state index >= 15 is 8.78 Å². The number of hydrogen-bond acceptors (Lipinski definition) is 9. The van der Waals surface area contributed by atoms with Gasteiger partial charge in [0.1, 0.15) is 29.4 Å². The monoisotopic (exact) mass is 559 g/mol. The van der Waals surface area contributed by atoms with Gasteiger partial charge in [-0.05, 0) is 75.2 Å². The van der Waals surface area contributed by atoms with Crippen LogP contribution in [0, 0.1) is 11.6 Å². The average molecular weight is 560 g/mol. The van der Waals surface area contributed by atoms with Gasteiger partial charge in [-0.15, -0.1) is 10.2 Å². The van der Waals surface area contributed by atoms with E-state index in [1.807, 2.05) is 0 Å². The van der Waals surface area contributed by atoms with E-state index in [0.717, 1.165) is 51.6 Å². The van der Waals surface area contributed by atoms with Crippen LogP contribution in [0.15, 0.2) is 30.3 Å². The first-order valence-corrected chi connectivity index (χ1v) is 14.5. The molecule has 4 aliphatic heterocycles. The lowest BCUT2D eigenvalue weighted by molar-refractivity contribution is 0.108. The van der Waals surface area contributed by atoms with Crippen LogP contribution in [0.3, 0.4) is 0 Å². The Bertz CT molecular complexity index is 1660. The third-order valence-electron chi connectivity index (χ3n) is 9.47. The second kappa shape index (κ2) is 9.42. The summed E-state index contributed by atoms with van der Waals surface area (Å²) in [5.74, 6) is -0.918. The number of halogens is 2. The number of nitrogens with zero attached hydrogens (tertiary/aromatic N) is 6. The summed E-state index contributed by atoms with van der Waals surface area (Å²) in [7, 11) is 0. The molecule has 0 aliphatic carbocycles. The van der Waals surface area contributed by atoms with E-state index in [9.17, 15) is 5.11 Å². The molecule has 0 saturated carbocycles. The van der Waals surface area contributed by atoms with Crippen LogP contribution in [0.1, 0.15) is 38.5 Å². The van der Waals surface area contributed by atoms with Crippen molar-refractivity contribution in [3.05, 3.63) is 42.0 Å². The van der Waals surface area contributed by atoms with Gasteiger partial charge < -0.3 is 20.1 Å². The summed E-state index contributed by atoms with van der Waals surface area (Å²) in [6.45, 7) is 4.01. The van der Waals surface area contributed by atoms with Crippen LogP contribution < -0.4 is 15.0 Å². The van der Waals surface area contributed by atoms with Gasteiger partial charge in [0.05, 0.1) is 5.54 Å². The first-order valence-electron chi connectivity index (χ1n) is 14.5. The minimum Gasteiger partial charge on any atom is -0.508 e. The van der Waals surface area contributed by atoms with E-state index in [0.29, 0.717) is 43.0 Å². The van der Waals surface area contributed by atoms with Crippen LogP contribution in [0.2, 0.25) is 0 Å². The summed E-state index contributed by atoms with van der Waals surface area (Å²) in [6.07, 6.45) is 6.55. The fourth-order valence-electron chi connectivity index (χ4n) is 7.56. The number of ether oxygens (including phenoxy) is 1. The fraction of sp³-hybridized carbons (Fsp3) is 0.467. The molecule has 9 nitrogen and oxygen atoms in total. The molecule has 6 heterocycles. The Hall–Kier alpha value is -3.70. The molecule has 0 amide bonds. The highest BCUT2D eigenvalue weighted by Crippen LogP contribution is 2.40. The fourth-order valence-corrected chi connectivity index (χ4v) is 7.56. The van der Waals surface area contributed by atoms with Crippen molar-refractivity contribution in [2.45, 2.75) is 56.1 Å². The molecule has 2 aromatic carbocycles. The van der Waals surface area contributed by atoms with Crippen molar-refractivity contribution in [1.82, 2.24) is 30.4 Å². The maximum absolute atomic E-state index is 16.5. The molecule has 212 valence electrons. The molecule has 4 aromatic rings. The summed E-state index contributed by atoms with van der Waals surface area (Å²) < 4.78 is 37.8. The molecule has 0 spiro atoms. The Morgan fingerprint density at radius 3 is 2.56 bits per heavy atom. The molecule has 41 heavy (non-hydrogen) atoms. The van der Waals surface area contributed by atoms with Gasteiger partial charge >= 0.3 is 6.01 Å². The SMILES string of the molecule is Oc1cc(-c2nnc3c(N4CC5CCC(C4)N5)nc(OCC45CCCN4CCC5)nc3c2F)c2c(F)cccc2c1. The predicted molar refractivity (Wildman–Crippen MR) is 150 cm³/mol. The highest BCUT2D eigenvalue weighted by atomic mass is 19.1. The maximum Gasteiger partial charge on any atom is 0.319 e. The summed E-state index contributed by atoms with van der Waals surface area (Å²) in [6, 6.07) is 8.01. The quantitative estimate of drug-likeness (QED) is 0.373. The number of benzene rings is 2. The molecule has 0 radical (unpaired) electrons. The third-order valence-corrected chi connectivity index (χ3v) is 9.47. The first-order chi connectivity index (χ1) is 20.0. The van der Waals surface area contributed by atoms with Gasteiger partial charge in [0.2, 0.25) is 0 Å². The molecule has 2 aromatic heterocycles. The minimum atomic E-state index is -0.752. The van der Waals surface area contributed by atoms with Gasteiger partial charge in [0, 0.05) is 36.1 Å². The number of aromatic hydroxyl groups is 1. The van der Waals surface area contributed by atoms with Gasteiger partial charge in [-0.3, -0.25) is 4.90 Å². The predicted octanol–water partition coefficient (Wildman–Crippen LogP) is 4.17. The van der Waals surface area contributed by atoms with Gasteiger partial charge in [0.15, 0.2) is 17.2 Å². The third kappa shape index (κ3) is 4.08. The number of phenols is 1. The summed E-state index contributed by atoms with van der Waals surface area (Å²) in [4.78, 5) is 14.0. The molecule has 2 bridgehead atoms. The Balaban J connectivity index is 1.26. The lowest BCUT2D eigenvalue weighted by Crippen LogP contribution is -2.51. The molecule has 11 heteroatoms. The minimum absolute atomic E-state index is 0.0230. The number of nitrogens with one attached hydrogen (secondary N) is 1. The van der Waals surface area contributed by atoms with Crippen LogP contribution in [-0.2, 0) is 0 Å². The summed E-state index contributed by atoms with van der Waals surface area (Å²) in [5, 5.41) is 23.2. The van der Waals surface area contributed by atoms with Crippen molar-refractivity contribution in [2.24, 2.45) is 0 Å². The van der Waals surface area contributed by atoms with Crippen molar-refractivity contribution < 1.29 is 18.6 Å². The van der Waals surface area contributed by atoms with E-state index in [1.165, 1.54) is 18.2 Å². The molecule has 8 rings (SSSR count). The van der Waals surface area contributed by atoms with Crippen molar-refractivity contribution >= 4 is 27.6 Å². The van der Waals surface area contributed by atoms with Gasteiger partial charge in [0.25, 0.3) is 0 Å². The number of hydrogen-bond donors (Lipinski definition) is 2. The van der Waals surface area contributed by atoms with Crippen molar-refractivity contribution in [2.75, 3.05) is 37.7 Å². The van der Waals surface area contributed by atoms with E-state index < -0.39 is 11.6 Å². The lowest BCUT2D eigenvalue weighted by Gasteiger charge is -2.34. The molecule has 2 atom stereocenters. The molecular weight excluding hydrogens is 528 g/mol. The average Bonchev–Trinajstić information content (AvgIpc) is 3.65. The number of piperazine rings is 1. The highest BCUT2D eigenvalue weighted by molar-refractivity contribution is 5.99. The molecule has 2 N–H and O–H groups in total. The molecular formula is C30H31F2N7O2. The Morgan fingerprint density at radius 1 is 1.00 bits per heavy atom. The lowest BCUT2D eigenvalue weighted by atomic mass is 9.95. The normalized spacial score (nSPS) is 23.5. The smallest absolute Gasteiger partial charge is 0.319 e. The van der Waals surface area contributed by atoms with Gasteiger partial charge in [-0.25, -0.2) is 8.78 Å². The van der Waals surface area contributed by atoms with E-state index in [1.54, 1.807) is 12.1 Å². The largest absolute Gasteiger partial charge is 0.508 e. The second-order valence-corrected chi connectivity index (χ2v) is 12.0.